The number of fused-ring (bicyclic) bond motifs is 1. The summed E-state index contributed by atoms with van der Waals surface area (Å²) in [5.74, 6) is 1.64. The highest BCUT2D eigenvalue weighted by molar-refractivity contribution is 5.65. The molecule has 2 aliphatic heterocycles. The van der Waals surface area contributed by atoms with E-state index in [0.29, 0.717) is 17.4 Å². The number of aliphatic hydroxyl groups excluding tert-OH is 1. The molecule has 1 aromatic carbocycles. The maximum atomic E-state index is 10.2. The number of aryl methyl sites for hydroxylation is 1. The lowest BCUT2D eigenvalue weighted by Crippen LogP contribution is -2.61. The van der Waals surface area contributed by atoms with Crippen molar-refractivity contribution in [3.63, 3.8) is 0 Å². The van der Waals surface area contributed by atoms with Gasteiger partial charge in [-0.25, -0.2) is 9.97 Å². The lowest BCUT2D eigenvalue weighted by Gasteiger charge is -2.53. The van der Waals surface area contributed by atoms with Gasteiger partial charge in [0, 0.05) is 36.3 Å². The quantitative estimate of drug-likeness (QED) is 0.656. The molecule has 3 heterocycles. The molecule has 8 nitrogen and oxygen atoms in total. The minimum absolute atomic E-state index is 0.00605. The number of carbonyl (C=O) groups is 1. The van der Waals surface area contributed by atoms with Gasteiger partial charge in [-0.05, 0) is 51.9 Å². The second-order valence-electron chi connectivity index (χ2n) is 8.13. The minimum atomic E-state index is -0.250. The Morgan fingerprint density at radius 2 is 1.97 bits per heavy atom. The highest BCUT2D eigenvalue weighted by atomic mass is 16.3. The molecule has 0 saturated carbocycles. The number of nitrogens with zero attached hydrogens (tertiary/aromatic N) is 4. The highest BCUT2D eigenvalue weighted by Crippen LogP contribution is 2.42. The predicted octanol–water partition coefficient (Wildman–Crippen LogP) is 2.14. The Hall–Kier alpha value is -2.71. The number of phenolic OH excluding ortho intramolecular Hbond substituents is 1. The monoisotopic (exact) mass is 414 g/mol. The maximum Gasteiger partial charge on any atom is 0.290 e. The van der Waals surface area contributed by atoms with E-state index in [1.54, 1.807) is 12.1 Å². The Balaban J connectivity index is 0.000000806. The molecule has 1 aromatic heterocycles. The van der Waals surface area contributed by atoms with E-state index in [9.17, 15) is 10.2 Å². The van der Waals surface area contributed by atoms with Crippen molar-refractivity contribution < 1.29 is 20.1 Å². The van der Waals surface area contributed by atoms with Crippen LogP contribution in [0.15, 0.2) is 30.3 Å². The Bertz CT molecular complexity index is 878. The van der Waals surface area contributed by atoms with Crippen molar-refractivity contribution in [2.24, 2.45) is 5.41 Å². The van der Waals surface area contributed by atoms with Crippen molar-refractivity contribution in [1.29, 1.82) is 0 Å². The lowest BCUT2D eigenvalue weighted by molar-refractivity contribution is -0.122. The van der Waals surface area contributed by atoms with Gasteiger partial charge in [-0.15, -0.1) is 0 Å². The second kappa shape index (κ2) is 9.40. The van der Waals surface area contributed by atoms with E-state index < -0.39 is 0 Å². The van der Waals surface area contributed by atoms with E-state index in [4.69, 9.17) is 14.9 Å². The van der Waals surface area contributed by atoms with Crippen LogP contribution in [-0.4, -0.2) is 76.0 Å². The zero-order valence-corrected chi connectivity index (χ0v) is 17.5. The van der Waals surface area contributed by atoms with Crippen molar-refractivity contribution in [2.75, 3.05) is 38.2 Å². The molecule has 0 radical (unpaired) electrons. The van der Waals surface area contributed by atoms with E-state index in [-0.39, 0.29) is 24.2 Å². The molecule has 8 heteroatoms. The highest BCUT2D eigenvalue weighted by Gasteiger charge is 2.46. The molecule has 0 unspecified atom stereocenters. The largest absolute Gasteiger partial charge is 0.507 e. The summed E-state index contributed by atoms with van der Waals surface area (Å²) in [4.78, 5) is 22.4. The predicted molar refractivity (Wildman–Crippen MR) is 115 cm³/mol. The number of carboxylic acid groups (broad SMARTS) is 1. The fraction of sp³-hybridized carbons (Fsp3) is 0.500. The summed E-state index contributed by atoms with van der Waals surface area (Å²) in [6.45, 7) is 4.77. The molecule has 0 aliphatic carbocycles. The molecule has 2 saturated heterocycles. The summed E-state index contributed by atoms with van der Waals surface area (Å²) in [6, 6.07) is 9.53. The van der Waals surface area contributed by atoms with Crippen LogP contribution in [0.4, 0.5) is 5.82 Å². The van der Waals surface area contributed by atoms with E-state index in [2.05, 4.69) is 21.8 Å². The number of likely N-dealkylation sites (tertiary alicyclic amines) is 1. The zero-order valence-electron chi connectivity index (χ0n) is 17.5. The number of aliphatic hydroxyl groups is 1. The SMILES string of the molecule is Cc1cc(N2CC[C@@]3(CO)CCCN(C)[C@@H]3C2)nc(-c2ccccc2O)n1.O=CO. The molecule has 0 spiro atoms. The molecule has 0 amide bonds. The van der Waals surface area contributed by atoms with Crippen molar-refractivity contribution in [1.82, 2.24) is 14.9 Å². The molecule has 4 rings (SSSR count). The second-order valence-corrected chi connectivity index (χ2v) is 8.13. The molecule has 30 heavy (non-hydrogen) atoms. The maximum absolute atomic E-state index is 10.2. The number of piperidine rings is 2. The molecule has 3 N–H and O–H groups in total. The van der Waals surface area contributed by atoms with Gasteiger partial charge in [0.05, 0.1) is 12.2 Å². The van der Waals surface area contributed by atoms with Crippen molar-refractivity contribution in [3.8, 4) is 17.1 Å². The number of anilines is 1. The van der Waals surface area contributed by atoms with Crippen molar-refractivity contribution in [2.45, 2.75) is 32.2 Å². The van der Waals surface area contributed by atoms with Crippen LogP contribution in [0.25, 0.3) is 11.4 Å². The molecular formula is C22H30N4O4. The molecule has 162 valence electrons. The topological polar surface area (TPSA) is 110 Å². The first kappa shape index (κ1) is 22.0. The summed E-state index contributed by atoms with van der Waals surface area (Å²) in [6.07, 6.45) is 3.21. The van der Waals surface area contributed by atoms with Gasteiger partial charge in [0.1, 0.15) is 11.6 Å². The summed E-state index contributed by atoms with van der Waals surface area (Å²) in [5, 5.41) is 27.2. The zero-order chi connectivity index (χ0) is 21.7. The Labute approximate surface area is 176 Å². The molecule has 2 aromatic rings. The fourth-order valence-electron chi connectivity index (χ4n) is 4.72. The van der Waals surface area contributed by atoms with E-state index in [1.165, 1.54) is 0 Å². The number of hydrogen-bond donors (Lipinski definition) is 3. The normalized spacial score (nSPS) is 23.8. The van der Waals surface area contributed by atoms with Crippen LogP contribution in [0.3, 0.4) is 0 Å². The summed E-state index contributed by atoms with van der Waals surface area (Å²) in [7, 11) is 2.16. The van der Waals surface area contributed by atoms with E-state index >= 15 is 0 Å². The first-order valence-electron chi connectivity index (χ1n) is 10.2. The van der Waals surface area contributed by atoms with Crippen LogP contribution in [0.5, 0.6) is 5.75 Å². The Morgan fingerprint density at radius 3 is 2.67 bits per heavy atom. The number of aromatic nitrogens is 2. The van der Waals surface area contributed by atoms with Crippen molar-refractivity contribution in [3.05, 3.63) is 36.0 Å². The van der Waals surface area contributed by atoms with Crippen LogP contribution >= 0.6 is 0 Å². The van der Waals surface area contributed by atoms with Gasteiger partial charge in [-0.1, -0.05) is 12.1 Å². The standard InChI is InChI=1S/C21H28N4O2.CH2O2/c1-15-12-19(23-20(22-15)16-6-3-4-7-17(16)27)25-11-9-21(14-26)8-5-10-24(2)18(21)13-25;2-1-3/h3-4,6-7,12,18,26-27H,5,8-11,13-14H2,1-2H3;1H,(H,2,3)/t18-,21-;/m1./s1. The van der Waals surface area contributed by atoms with Crippen LogP contribution in [0.2, 0.25) is 0 Å². The number of rotatable bonds is 3. The fourth-order valence-corrected chi connectivity index (χ4v) is 4.72. The van der Waals surface area contributed by atoms with Gasteiger partial charge >= 0.3 is 0 Å². The van der Waals surface area contributed by atoms with Crippen LogP contribution in [0, 0.1) is 12.3 Å². The molecule has 2 fully saturated rings. The van der Waals surface area contributed by atoms with Gasteiger partial charge in [0.2, 0.25) is 0 Å². The summed E-state index contributed by atoms with van der Waals surface area (Å²) >= 11 is 0. The molecule has 0 bridgehead atoms. The van der Waals surface area contributed by atoms with E-state index in [1.807, 2.05) is 25.1 Å². The average molecular weight is 415 g/mol. The number of hydrogen-bond acceptors (Lipinski definition) is 7. The third kappa shape index (κ3) is 4.39. The molecule has 2 atom stereocenters. The first-order valence-corrected chi connectivity index (χ1v) is 10.2. The Kier molecular flexibility index (Phi) is 6.89. The van der Waals surface area contributed by atoms with Gasteiger partial charge in [-0.3, -0.25) is 4.79 Å². The summed E-state index contributed by atoms with van der Waals surface area (Å²) < 4.78 is 0. The van der Waals surface area contributed by atoms with Crippen LogP contribution in [0.1, 0.15) is 25.0 Å². The number of phenols is 1. The minimum Gasteiger partial charge on any atom is -0.507 e. The number of likely N-dealkylation sites (N-methyl/N-ethyl adjacent to an activating group) is 1. The van der Waals surface area contributed by atoms with Gasteiger partial charge in [0.15, 0.2) is 5.82 Å². The van der Waals surface area contributed by atoms with E-state index in [0.717, 1.165) is 50.4 Å². The van der Waals surface area contributed by atoms with Gasteiger partial charge in [-0.2, -0.15) is 0 Å². The number of aromatic hydroxyl groups is 1. The first-order chi connectivity index (χ1) is 14.4. The summed E-state index contributed by atoms with van der Waals surface area (Å²) in [5.41, 5.74) is 1.54. The third-order valence-corrected chi connectivity index (χ3v) is 6.32. The lowest BCUT2D eigenvalue weighted by atomic mass is 9.69. The molecule has 2 aliphatic rings. The van der Waals surface area contributed by atoms with Gasteiger partial charge in [0.25, 0.3) is 6.47 Å². The smallest absolute Gasteiger partial charge is 0.290 e. The number of benzene rings is 1. The average Bonchev–Trinajstić information content (AvgIpc) is 2.74. The van der Waals surface area contributed by atoms with Gasteiger partial charge < -0.3 is 25.1 Å². The van der Waals surface area contributed by atoms with Crippen LogP contribution in [-0.2, 0) is 4.79 Å². The Morgan fingerprint density at radius 1 is 1.23 bits per heavy atom. The van der Waals surface area contributed by atoms with Crippen LogP contribution < -0.4 is 4.90 Å². The molecular weight excluding hydrogens is 384 g/mol. The third-order valence-electron chi connectivity index (χ3n) is 6.32. The number of para-hydroxylation sites is 1. The van der Waals surface area contributed by atoms with Crippen molar-refractivity contribution >= 4 is 12.3 Å².